The molecular formula is C13H15NO4. The fourth-order valence-electron chi connectivity index (χ4n) is 1.95. The van der Waals surface area contributed by atoms with Gasteiger partial charge in [-0.15, -0.1) is 0 Å². The quantitative estimate of drug-likeness (QED) is 0.884. The lowest BCUT2D eigenvalue weighted by molar-refractivity contribution is -0.137. The standard InChI is InChI=1S/C13H15NO4/c1-13(2)12(17)14(8-7-11(15)16)9-5-3-4-6-10(9)18-13/h3-6H,7-8H2,1-2H3,(H,15,16). The third-order valence-corrected chi connectivity index (χ3v) is 2.83. The van der Waals surface area contributed by atoms with Gasteiger partial charge in [-0.1, -0.05) is 12.1 Å². The molecule has 0 unspecified atom stereocenters. The average Bonchev–Trinajstić information content (AvgIpc) is 2.29. The lowest BCUT2D eigenvalue weighted by atomic mass is 10.0. The van der Waals surface area contributed by atoms with Crippen molar-refractivity contribution in [3.05, 3.63) is 24.3 Å². The van der Waals surface area contributed by atoms with Crippen LogP contribution in [-0.2, 0) is 9.59 Å². The highest BCUT2D eigenvalue weighted by molar-refractivity contribution is 6.02. The Morgan fingerprint density at radius 3 is 2.72 bits per heavy atom. The summed E-state index contributed by atoms with van der Waals surface area (Å²) in [6.45, 7) is 3.51. The normalized spacial score (nSPS) is 17.0. The van der Waals surface area contributed by atoms with Gasteiger partial charge in [-0.3, -0.25) is 9.59 Å². The van der Waals surface area contributed by atoms with Gasteiger partial charge in [0.1, 0.15) is 5.75 Å². The van der Waals surface area contributed by atoms with E-state index in [0.29, 0.717) is 11.4 Å². The van der Waals surface area contributed by atoms with Crippen molar-refractivity contribution < 1.29 is 19.4 Å². The fraction of sp³-hybridized carbons (Fsp3) is 0.385. The van der Waals surface area contributed by atoms with Crippen LogP contribution in [0.5, 0.6) is 5.75 Å². The molecule has 5 nitrogen and oxygen atoms in total. The molecule has 1 aliphatic rings. The molecule has 5 heteroatoms. The van der Waals surface area contributed by atoms with Crippen molar-refractivity contribution in [2.24, 2.45) is 0 Å². The number of rotatable bonds is 3. The molecule has 0 saturated carbocycles. The maximum Gasteiger partial charge on any atom is 0.305 e. The van der Waals surface area contributed by atoms with Gasteiger partial charge in [-0.2, -0.15) is 0 Å². The Morgan fingerprint density at radius 2 is 2.06 bits per heavy atom. The first-order valence-corrected chi connectivity index (χ1v) is 5.73. The molecule has 0 fully saturated rings. The van der Waals surface area contributed by atoms with Gasteiger partial charge in [0.15, 0.2) is 5.60 Å². The Hall–Kier alpha value is -2.04. The molecule has 0 aromatic heterocycles. The molecule has 0 bridgehead atoms. The second-order valence-corrected chi connectivity index (χ2v) is 4.68. The maximum atomic E-state index is 12.2. The Morgan fingerprint density at radius 1 is 1.39 bits per heavy atom. The smallest absolute Gasteiger partial charge is 0.305 e. The van der Waals surface area contributed by atoms with Crippen LogP contribution in [0, 0.1) is 0 Å². The third-order valence-electron chi connectivity index (χ3n) is 2.83. The highest BCUT2D eigenvalue weighted by Crippen LogP contribution is 2.37. The number of anilines is 1. The molecule has 1 heterocycles. The first-order chi connectivity index (χ1) is 8.42. The van der Waals surface area contributed by atoms with Crippen LogP contribution in [0.15, 0.2) is 24.3 Å². The maximum absolute atomic E-state index is 12.2. The number of hydrogen-bond donors (Lipinski definition) is 1. The molecule has 1 N–H and O–H groups in total. The number of carbonyl (C=O) groups is 2. The number of ether oxygens (including phenoxy) is 1. The minimum Gasteiger partial charge on any atom is -0.481 e. The first-order valence-electron chi connectivity index (χ1n) is 5.73. The average molecular weight is 249 g/mol. The van der Waals surface area contributed by atoms with E-state index in [0.717, 1.165) is 0 Å². The molecule has 2 rings (SSSR count). The largest absolute Gasteiger partial charge is 0.481 e. The number of para-hydroxylation sites is 2. The molecule has 1 aromatic rings. The molecule has 1 amide bonds. The number of carboxylic acids is 1. The third kappa shape index (κ3) is 2.16. The number of hydrogen-bond acceptors (Lipinski definition) is 3. The number of fused-ring (bicyclic) bond motifs is 1. The Kier molecular flexibility index (Phi) is 2.98. The Balaban J connectivity index is 2.36. The topological polar surface area (TPSA) is 66.8 Å². The van der Waals surface area contributed by atoms with Gasteiger partial charge in [0.2, 0.25) is 0 Å². The minimum absolute atomic E-state index is 0.0871. The van der Waals surface area contributed by atoms with Crippen molar-refractivity contribution in [3.8, 4) is 5.75 Å². The molecule has 1 aliphatic heterocycles. The zero-order chi connectivity index (χ0) is 13.3. The highest BCUT2D eigenvalue weighted by atomic mass is 16.5. The molecular weight excluding hydrogens is 234 g/mol. The lowest BCUT2D eigenvalue weighted by Gasteiger charge is -2.38. The van der Waals surface area contributed by atoms with Gasteiger partial charge in [-0.05, 0) is 26.0 Å². The van der Waals surface area contributed by atoms with Crippen LogP contribution < -0.4 is 9.64 Å². The van der Waals surface area contributed by atoms with Crippen LogP contribution in [0.25, 0.3) is 0 Å². The van der Waals surface area contributed by atoms with Crippen LogP contribution in [0.2, 0.25) is 0 Å². The van der Waals surface area contributed by atoms with E-state index in [1.807, 2.05) is 6.07 Å². The minimum atomic E-state index is -0.965. The van der Waals surface area contributed by atoms with E-state index in [9.17, 15) is 9.59 Å². The van der Waals surface area contributed by atoms with E-state index in [1.165, 1.54) is 4.90 Å². The Bertz CT molecular complexity index is 496. The number of nitrogens with zero attached hydrogens (tertiary/aromatic N) is 1. The summed E-state index contributed by atoms with van der Waals surface area (Å²) in [5.41, 5.74) is -0.338. The van der Waals surface area contributed by atoms with Crippen LogP contribution in [0.3, 0.4) is 0 Å². The molecule has 96 valence electrons. The highest BCUT2D eigenvalue weighted by Gasteiger charge is 2.40. The number of benzene rings is 1. The lowest BCUT2D eigenvalue weighted by Crippen LogP contribution is -2.53. The zero-order valence-corrected chi connectivity index (χ0v) is 10.3. The Labute approximate surface area is 105 Å². The molecule has 0 radical (unpaired) electrons. The van der Waals surface area contributed by atoms with Crippen LogP contribution in [-0.4, -0.2) is 29.1 Å². The van der Waals surface area contributed by atoms with E-state index < -0.39 is 11.6 Å². The summed E-state index contributed by atoms with van der Waals surface area (Å²) < 4.78 is 5.63. The summed E-state index contributed by atoms with van der Waals surface area (Å²) in [5, 5.41) is 8.74. The summed E-state index contributed by atoms with van der Waals surface area (Å²) in [4.78, 5) is 24.4. The van der Waals surface area contributed by atoms with Gasteiger partial charge >= 0.3 is 5.97 Å². The van der Waals surface area contributed by atoms with Gasteiger partial charge in [-0.25, -0.2) is 0 Å². The van der Waals surface area contributed by atoms with E-state index in [1.54, 1.807) is 32.0 Å². The molecule has 0 atom stereocenters. The van der Waals surface area contributed by atoms with Crippen LogP contribution >= 0.6 is 0 Å². The first kappa shape index (κ1) is 12.4. The second-order valence-electron chi connectivity index (χ2n) is 4.68. The zero-order valence-electron chi connectivity index (χ0n) is 10.3. The molecule has 18 heavy (non-hydrogen) atoms. The summed E-state index contributed by atoms with van der Waals surface area (Å²) in [6, 6.07) is 7.14. The van der Waals surface area contributed by atoms with Crippen molar-refractivity contribution in [1.82, 2.24) is 0 Å². The van der Waals surface area contributed by atoms with Gasteiger partial charge < -0.3 is 14.7 Å². The van der Waals surface area contributed by atoms with E-state index in [4.69, 9.17) is 9.84 Å². The van der Waals surface area contributed by atoms with Gasteiger partial charge in [0.25, 0.3) is 5.91 Å². The number of carbonyl (C=O) groups excluding carboxylic acids is 1. The summed E-state index contributed by atoms with van der Waals surface area (Å²) in [7, 11) is 0. The van der Waals surface area contributed by atoms with Gasteiger partial charge in [0, 0.05) is 6.54 Å². The van der Waals surface area contributed by atoms with E-state index in [-0.39, 0.29) is 18.9 Å². The van der Waals surface area contributed by atoms with E-state index >= 15 is 0 Å². The second kappa shape index (κ2) is 4.33. The van der Waals surface area contributed by atoms with E-state index in [2.05, 4.69) is 0 Å². The molecule has 0 saturated heterocycles. The SMILES string of the molecule is CC1(C)Oc2ccccc2N(CCC(=O)O)C1=O. The summed E-state index contributed by atoms with van der Waals surface area (Å²) in [5.74, 6) is -0.542. The summed E-state index contributed by atoms with van der Waals surface area (Å²) in [6.07, 6.45) is -0.0871. The molecule has 0 spiro atoms. The predicted octanol–water partition coefficient (Wildman–Crippen LogP) is 1.67. The van der Waals surface area contributed by atoms with Crippen molar-refractivity contribution in [1.29, 1.82) is 0 Å². The fourth-order valence-corrected chi connectivity index (χ4v) is 1.95. The summed E-state index contributed by atoms with van der Waals surface area (Å²) >= 11 is 0. The van der Waals surface area contributed by atoms with Crippen LogP contribution in [0.4, 0.5) is 5.69 Å². The van der Waals surface area contributed by atoms with Gasteiger partial charge in [0.05, 0.1) is 12.1 Å². The van der Waals surface area contributed by atoms with Crippen molar-refractivity contribution >= 4 is 17.6 Å². The number of carboxylic acid groups (broad SMARTS) is 1. The van der Waals surface area contributed by atoms with Crippen LogP contribution in [0.1, 0.15) is 20.3 Å². The molecule has 1 aromatic carbocycles. The monoisotopic (exact) mass is 249 g/mol. The molecule has 0 aliphatic carbocycles. The van der Waals surface area contributed by atoms with Crippen molar-refractivity contribution in [2.45, 2.75) is 25.9 Å². The number of aliphatic carboxylic acids is 1. The van der Waals surface area contributed by atoms with Crippen molar-refractivity contribution in [3.63, 3.8) is 0 Å². The van der Waals surface area contributed by atoms with Crippen molar-refractivity contribution in [2.75, 3.05) is 11.4 Å². The predicted molar refractivity (Wildman–Crippen MR) is 65.8 cm³/mol. The number of amides is 1.